The van der Waals surface area contributed by atoms with Crippen LogP contribution in [0, 0.1) is 20.2 Å². The van der Waals surface area contributed by atoms with Gasteiger partial charge in [-0.25, -0.2) is 0 Å². The number of aromatic nitrogens is 2. The van der Waals surface area contributed by atoms with Gasteiger partial charge in [-0.3, -0.25) is 20.2 Å². The Morgan fingerprint density at radius 2 is 1.29 bits per heavy atom. The van der Waals surface area contributed by atoms with E-state index in [4.69, 9.17) is 0 Å². The van der Waals surface area contributed by atoms with Crippen molar-refractivity contribution < 1.29 is 21.0 Å². The molecule has 0 fully saturated rings. The van der Waals surface area contributed by atoms with Gasteiger partial charge >= 0.3 is 67.7 Å². The number of thiazole rings is 2. The van der Waals surface area contributed by atoms with E-state index in [1.165, 1.54) is 12.4 Å². The summed E-state index contributed by atoms with van der Waals surface area (Å²) in [6.07, 6.45) is 2.48. The van der Waals surface area contributed by atoms with Gasteiger partial charge in [0.2, 0.25) is 0 Å². The van der Waals surface area contributed by atoms with Gasteiger partial charge in [-0.15, -0.1) is 0 Å². The van der Waals surface area contributed by atoms with Crippen LogP contribution in [-0.4, -0.2) is 19.8 Å². The topological polar surface area (TPSA) is 112 Å². The zero-order valence-corrected chi connectivity index (χ0v) is 20.8. The van der Waals surface area contributed by atoms with Crippen LogP contribution < -0.4 is 0 Å². The first-order valence-electron chi connectivity index (χ1n) is 4.23. The van der Waals surface area contributed by atoms with Crippen LogP contribution in [0.4, 0.5) is 10.0 Å². The summed E-state index contributed by atoms with van der Waals surface area (Å²) in [5.74, 6) is 0. The minimum absolute atomic E-state index is 0.113. The van der Waals surface area contributed by atoms with Crippen LogP contribution in [0.5, 0.6) is 0 Å². The summed E-state index contributed by atoms with van der Waals surface area (Å²) in [7, 11) is 0. The Hall–Kier alpha value is 1.17. The predicted octanol–water partition coefficient (Wildman–Crippen LogP) is 4.86. The third-order valence-corrected chi connectivity index (χ3v) is 4.45. The van der Waals surface area contributed by atoms with E-state index in [0.717, 1.165) is 0 Å². The first kappa shape index (κ1) is 22.2. The van der Waals surface area contributed by atoms with Crippen molar-refractivity contribution in [1.29, 1.82) is 0 Å². The van der Waals surface area contributed by atoms with Gasteiger partial charge in [-0.1, -0.05) is 0 Å². The fourth-order valence-corrected chi connectivity index (χ4v) is 3.00. The van der Waals surface area contributed by atoms with Crippen LogP contribution in [0.1, 0.15) is 0 Å². The number of nitro groups is 2. The van der Waals surface area contributed by atoms with E-state index in [9.17, 15) is 20.2 Å². The van der Waals surface area contributed by atoms with E-state index >= 15 is 0 Å². The Morgan fingerprint density at radius 3 is 1.38 bits per heavy atom. The van der Waals surface area contributed by atoms with Gasteiger partial charge in [0, 0.05) is 31.9 Å². The van der Waals surface area contributed by atoms with Crippen LogP contribution in [0.2, 0.25) is 0 Å². The Balaban J connectivity index is 0.000000322. The van der Waals surface area contributed by atoms with E-state index in [2.05, 4.69) is 80.5 Å². The normalized spacial score (nSPS) is 9.14. The molecule has 2 aromatic rings. The minimum atomic E-state index is -0.445. The van der Waals surface area contributed by atoms with Gasteiger partial charge in [-0.05, 0) is 0 Å². The monoisotopic (exact) mass is 867 g/mol. The molecule has 2 rings (SSSR count). The van der Waals surface area contributed by atoms with Gasteiger partial charge in [0.15, 0.2) is 12.4 Å². The zero-order chi connectivity index (χ0) is 16.4. The van der Waals surface area contributed by atoms with Crippen molar-refractivity contribution in [3.05, 3.63) is 40.5 Å². The molecule has 15 heteroatoms. The summed E-state index contributed by atoms with van der Waals surface area (Å²) in [5.41, 5.74) is 0. The number of nitrogens with zero attached hydrogens (tertiary/aromatic N) is 4. The van der Waals surface area contributed by atoms with Crippen LogP contribution in [0.3, 0.4) is 0 Å². The third-order valence-electron chi connectivity index (χ3n) is 1.36. The van der Waals surface area contributed by atoms with E-state index in [0.29, 0.717) is 41.7 Å². The second-order valence-corrected chi connectivity index (χ2v) is 24.1. The molecule has 21 heavy (non-hydrogen) atoms. The van der Waals surface area contributed by atoms with Crippen LogP contribution in [0.25, 0.3) is 0 Å². The standard InChI is InChI=1S/2C3HBrN2O2S.2HI.Pt/c2*4-3-5-1-2(9-3)6(7)8;;;/h2*1H;2*1H;/q;;;;+2. The van der Waals surface area contributed by atoms with Crippen molar-refractivity contribution in [3.63, 3.8) is 0 Å². The van der Waals surface area contributed by atoms with Crippen molar-refractivity contribution in [2.45, 2.75) is 0 Å². The van der Waals surface area contributed by atoms with Gasteiger partial charge in [0.05, 0.1) is 22.7 Å². The predicted molar refractivity (Wildman–Crippen MR) is 104 cm³/mol. The van der Waals surface area contributed by atoms with Gasteiger partial charge in [0.25, 0.3) is 0 Å². The molecule has 0 aliphatic heterocycles. The van der Waals surface area contributed by atoms with Gasteiger partial charge < -0.3 is 0 Å². The van der Waals surface area contributed by atoms with Crippen LogP contribution in [-0.2, 0) is 11.2 Å². The Labute approximate surface area is 172 Å². The Bertz CT molecular complexity index is 551. The fraction of sp³-hybridized carbons (Fsp3) is 0. The van der Waals surface area contributed by atoms with Crippen molar-refractivity contribution >= 4 is 103 Å². The van der Waals surface area contributed by atoms with Crippen LogP contribution >= 0.6 is 93.2 Å². The molecule has 2 heterocycles. The molecule has 0 aliphatic rings. The number of hydrogen-bond acceptors (Lipinski definition) is 6. The second-order valence-electron chi connectivity index (χ2n) is 2.55. The molecule has 0 atom stereocenters. The van der Waals surface area contributed by atoms with Crippen molar-refractivity contribution in [1.82, 2.24) is 9.97 Å². The van der Waals surface area contributed by atoms with E-state index in [1.807, 2.05) is 0 Å². The first-order valence-corrected chi connectivity index (χ1v) is 20.5. The van der Waals surface area contributed by atoms with Crippen LogP contribution in [0.15, 0.2) is 20.2 Å². The molecule has 0 amide bonds. The van der Waals surface area contributed by atoms with Crippen molar-refractivity contribution in [3.8, 4) is 0 Å². The van der Waals surface area contributed by atoms with Gasteiger partial charge in [0.1, 0.15) is 9.85 Å². The average molecular weight is 869 g/mol. The Morgan fingerprint density at radius 1 is 1.00 bits per heavy atom. The maximum absolute atomic E-state index is 9.98. The molecule has 120 valence electrons. The zero-order valence-electron chi connectivity index (χ0n) is 9.30. The number of halogens is 4. The first-order chi connectivity index (χ1) is 9.81. The summed E-state index contributed by atoms with van der Waals surface area (Å²) in [6, 6.07) is 0. The molecule has 2 aromatic heterocycles. The number of rotatable bonds is 2. The maximum atomic E-state index is 9.98. The molecular weight excluding hydrogens is 865 g/mol. The molecule has 0 radical (unpaired) electrons. The fourth-order valence-electron chi connectivity index (χ4n) is 0.702. The molecule has 0 N–H and O–H groups in total. The molecule has 0 unspecified atom stereocenters. The van der Waals surface area contributed by atoms with E-state index < -0.39 is 9.85 Å². The average Bonchev–Trinajstić information content (AvgIpc) is 3.00. The summed E-state index contributed by atoms with van der Waals surface area (Å²) >= 11 is 12.4. The van der Waals surface area contributed by atoms with Crippen molar-refractivity contribution in [2.75, 3.05) is 0 Å². The Kier molecular flexibility index (Phi) is 13.3. The molecule has 0 aromatic carbocycles. The molecule has 0 aliphatic carbocycles. The quantitative estimate of drug-likeness (QED) is 0.185. The summed E-state index contributed by atoms with van der Waals surface area (Å²) in [5, 5.41) is 20.2. The molecular formula is C6H4Br2I2N4O4PtS2+2. The molecule has 8 nitrogen and oxygen atoms in total. The molecule has 0 spiro atoms. The summed E-state index contributed by atoms with van der Waals surface area (Å²) in [6.45, 7) is 0. The van der Waals surface area contributed by atoms with Gasteiger partial charge in [-0.2, -0.15) is 9.97 Å². The molecule has 0 bridgehead atoms. The third kappa shape index (κ3) is 10.5. The molecule has 0 saturated carbocycles. The van der Waals surface area contributed by atoms with E-state index in [1.54, 1.807) is 0 Å². The SMILES string of the molecule is O=[N+]([O-])c1cnc(Br)[sH+]1.O=[N+]([O-])c1cnc(Br)[sH+]1.[I][Pt][I]. The molecule has 0 saturated heterocycles. The number of hydrogen-bond donors (Lipinski definition) is 0. The summed E-state index contributed by atoms with van der Waals surface area (Å²) < 4.78 is 1.18. The second kappa shape index (κ2) is 12.6. The van der Waals surface area contributed by atoms with Crippen molar-refractivity contribution in [2.24, 2.45) is 0 Å². The van der Waals surface area contributed by atoms with E-state index in [-0.39, 0.29) is 10.0 Å². The summed E-state index contributed by atoms with van der Waals surface area (Å²) in [4.78, 5) is 26.4.